The maximum absolute atomic E-state index is 13.1. The third-order valence-corrected chi connectivity index (χ3v) is 17.4. The Morgan fingerprint density at radius 2 is 1.26 bits per heavy atom. The summed E-state index contributed by atoms with van der Waals surface area (Å²) in [6.07, 6.45) is -1.65. The second-order valence-electron chi connectivity index (χ2n) is 21.4. The number of ether oxygens (including phenoxy) is 13. The van der Waals surface area contributed by atoms with Crippen molar-refractivity contribution in [1.29, 1.82) is 0 Å². The highest BCUT2D eigenvalue weighted by molar-refractivity contribution is 5.88. The molecule has 0 aromatic rings. The van der Waals surface area contributed by atoms with E-state index in [0.29, 0.717) is 44.1 Å². The fourth-order valence-corrected chi connectivity index (χ4v) is 13.6. The van der Waals surface area contributed by atoms with Gasteiger partial charge in [-0.3, -0.25) is 4.79 Å². The van der Waals surface area contributed by atoms with E-state index >= 15 is 0 Å². The Labute approximate surface area is 413 Å². The molecular weight excluding hydrogens is 913 g/mol. The van der Waals surface area contributed by atoms with E-state index in [2.05, 4.69) is 6.08 Å². The van der Waals surface area contributed by atoms with Crippen molar-refractivity contribution in [2.45, 2.75) is 235 Å². The van der Waals surface area contributed by atoms with E-state index in [1.807, 2.05) is 27.7 Å². The van der Waals surface area contributed by atoms with Crippen molar-refractivity contribution in [2.24, 2.45) is 29.6 Å². The van der Waals surface area contributed by atoms with E-state index in [4.69, 9.17) is 61.6 Å². The zero-order valence-electron chi connectivity index (χ0n) is 43.0. The summed E-state index contributed by atoms with van der Waals surface area (Å²) in [6.45, 7) is 12.5. The number of rotatable bonds is 15. The normalized spacial score (nSPS) is 48.7. The largest absolute Gasteiger partial charge is 0.459 e. The topological polar surface area (TPSA) is 215 Å². The van der Waals surface area contributed by atoms with Gasteiger partial charge < -0.3 is 76.9 Å². The van der Waals surface area contributed by atoms with Gasteiger partial charge in [0.1, 0.15) is 48.5 Å². The monoisotopic (exact) mass is 995 g/mol. The van der Waals surface area contributed by atoms with E-state index in [1.54, 1.807) is 41.1 Å². The molecule has 18 nitrogen and oxygen atoms in total. The molecule has 4 aliphatic heterocycles. The van der Waals surface area contributed by atoms with Crippen molar-refractivity contribution in [3.63, 3.8) is 0 Å². The summed E-state index contributed by atoms with van der Waals surface area (Å²) < 4.78 is 80.7. The molecule has 8 aliphatic rings. The molecule has 0 spiro atoms. The van der Waals surface area contributed by atoms with Crippen LogP contribution < -0.4 is 0 Å². The highest BCUT2D eigenvalue weighted by Gasteiger charge is 2.64. The van der Waals surface area contributed by atoms with Crippen LogP contribution in [0, 0.1) is 29.6 Å². The van der Waals surface area contributed by atoms with Crippen molar-refractivity contribution in [3.05, 3.63) is 23.3 Å². The Kier molecular flexibility index (Phi) is 17.7. The van der Waals surface area contributed by atoms with Gasteiger partial charge in [0.05, 0.1) is 54.4 Å². The molecule has 0 aromatic carbocycles. The molecule has 70 heavy (non-hydrogen) atoms. The van der Waals surface area contributed by atoms with Gasteiger partial charge >= 0.3 is 5.97 Å². The average molecular weight is 995 g/mol. The summed E-state index contributed by atoms with van der Waals surface area (Å²) in [6, 6.07) is 0. The second kappa shape index (κ2) is 22.9. The minimum Gasteiger partial charge on any atom is -0.459 e. The zero-order valence-corrected chi connectivity index (χ0v) is 43.0. The predicted octanol–water partition coefficient (Wildman–Crippen LogP) is 4.45. The van der Waals surface area contributed by atoms with Crippen LogP contribution in [0.5, 0.6) is 0 Å². The Hall–Kier alpha value is -1.98. The van der Waals surface area contributed by atoms with Crippen LogP contribution in [0.1, 0.15) is 113 Å². The maximum atomic E-state index is 13.1. The van der Waals surface area contributed by atoms with Crippen LogP contribution in [0.15, 0.2) is 23.3 Å². The summed E-state index contributed by atoms with van der Waals surface area (Å²) in [5.41, 5.74) is 0.769. The summed E-state index contributed by atoms with van der Waals surface area (Å²) >= 11 is 0. The molecule has 0 radical (unpaired) electrons. The first-order chi connectivity index (χ1) is 33.4. The van der Waals surface area contributed by atoms with Gasteiger partial charge in [0.2, 0.25) is 0 Å². The zero-order chi connectivity index (χ0) is 50.3. The van der Waals surface area contributed by atoms with Crippen LogP contribution >= 0.6 is 0 Å². The Balaban J connectivity index is 0.845. The number of hydrogen-bond donors (Lipinski definition) is 3. The smallest absolute Gasteiger partial charge is 0.333 e. The number of ketones is 1. The van der Waals surface area contributed by atoms with Crippen LogP contribution in [0.2, 0.25) is 0 Å². The van der Waals surface area contributed by atoms with Crippen molar-refractivity contribution in [2.75, 3.05) is 28.4 Å². The number of hydrogen-bond acceptors (Lipinski definition) is 18. The van der Waals surface area contributed by atoms with Crippen molar-refractivity contribution >= 4 is 11.8 Å². The molecule has 3 N–H and O–H groups in total. The van der Waals surface area contributed by atoms with Gasteiger partial charge in [-0.1, -0.05) is 17.7 Å². The van der Waals surface area contributed by atoms with E-state index < -0.39 is 116 Å². The molecule has 0 aromatic heterocycles. The number of aliphatic hydroxyl groups excluding tert-OH is 2. The number of fused-ring (bicyclic) bond motifs is 5. The Morgan fingerprint density at radius 1 is 0.671 bits per heavy atom. The summed E-state index contributed by atoms with van der Waals surface area (Å²) in [5, 5.41) is 34.5. The lowest BCUT2D eigenvalue weighted by Gasteiger charge is -2.55. The lowest BCUT2D eigenvalue weighted by atomic mass is 9.53. The highest BCUT2D eigenvalue weighted by Crippen LogP contribution is 2.60. The lowest BCUT2D eigenvalue weighted by Crippen LogP contribution is -2.63. The molecule has 4 aliphatic carbocycles. The first-order valence-corrected chi connectivity index (χ1v) is 25.9. The molecule has 25 atom stereocenters. The molecule has 398 valence electrons. The van der Waals surface area contributed by atoms with Gasteiger partial charge in [-0.15, -0.1) is 0 Å². The maximum Gasteiger partial charge on any atom is 0.333 e. The van der Waals surface area contributed by atoms with Gasteiger partial charge in [0, 0.05) is 65.1 Å². The first kappa shape index (κ1) is 54.3. The fraction of sp³-hybridized carbons (Fsp3) is 0.885. The lowest BCUT2D eigenvalue weighted by molar-refractivity contribution is -0.365. The third kappa shape index (κ3) is 10.9. The van der Waals surface area contributed by atoms with Crippen LogP contribution in [0.25, 0.3) is 0 Å². The predicted molar refractivity (Wildman–Crippen MR) is 249 cm³/mol. The van der Waals surface area contributed by atoms with Gasteiger partial charge in [0.15, 0.2) is 25.2 Å². The molecule has 3 saturated carbocycles. The number of methoxy groups -OCH3 is 4. The fourth-order valence-electron chi connectivity index (χ4n) is 13.6. The average Bonchev–Trinajstić information content (AvgIpc) is 3.71. The first-order valence-electron chi connectivity index (χ1n) is 25.9. The van der Waals surface area contributed by atoms with Crippen molar-refractivity contribution in [1.82, 2.24) is 0 Å². The van der Waals surface area contributed by atoms with Crippen LogP contribution in [0.3, 0.4) is 0 Å². The Bertz CT molecular complexity index is 1850. The molecule has 7 fully saturated rings. The standard InChI is InChI=1S/C52H82O18/c1-12-24(2)50(56)67-36-20-34-33-15-14-31(19-30(33)13-16-35(34)52(57)18-17-32(25(3)53)43(36)52)66-40-22-38(59-9)46(27(5)63-40)68-42-23-39(60-10)47(28(6)64-42)70-51-45(55)49(61-11)48(29(7)65-51)69-41-21-37(58-8)44(54)26(4)62-41/h12-13,26-29,31-49,51,54-55,57H,14-23H2,1-11H3/b24-12+/t26-,27-,28-,29-,31+,32-,33+,34-,35+,36-,37-,38+,39+,40+,41+,42+,43+,44-,45-,46-,47-,48-,49+,51+,52+/m1/s1. The minimum absolute atomic E-state index is 0.00323. The van der Waals surface area contributed by atoms with Crippen molar-refractivity contribution in [3.8, 4) is 0 Å². The van der Waals surface area contributed by atoms with Gasteiger partial charge in [0.25, 0.3) is 0 Å². The van der Waals surface area contributed by atoms with Crippen LogP contribution in [-0.2, 0) is 71.2 Å². The number of carbonyl (C=O) groups is 2. The molecule has 4 heterocycles. The SMILES string of the molecule is C/C=C(\C)C(=O)O[C@@H]1C[C@@H]2[C@H]3CC[C@H](O[C@H]4C[C@H](OC)[C@H](O[C@H]5C[C@H](OC)[C@H](O[C@@H]6O[C@H](C)[C@@H](O[C@H]7C[C@@H](OC)[C@H](O)[C@@H](C)O7)[C@@H](OC)[C@H]6O)[C@@H](C)O5)[C@@H](C)O4)CC3=CC[C@@H]2[C@@]2(O)CC[C@H](C(C)=O)[C@@H]12. The van der Waals surface area contributed by atoms with Gasteiger partial charge in [-0.2, -0.15) is 0 Å². The second-order valence-corrected chi connectivity index (χ2v) is 21.4. The van der Waals surface area contributed by atoms with Crippen molar-refractivity contribution < 1.29 is 86.5 Å². The van der Waals surface area contributed by atoms with E-state index in [0.717, 1.165) is 25.7 Å². The minimum atomic E-state index is -1.24. The highest BCUT2D eigenvalue weighted by atomic mass is 16.8. The molecule has 0 bridgehead atoms. The summed E-state index contributed by atoms with van der Waals surface area (Å²) in [4.78, 5) is 26.0. The molecule has 4 saturated heterocycles. The Morgan fingerprint density at radius 3 is 1.87 bits per heavy atom. The number of allylic oxidation sites excluding steroid dienone is 2. The number of aliphatic hydroxyl groups is 3. The van der Waals surface area contributed by atoms with Crippen LogP contribution in [-0.4, -0.2) is 178 Å². The third-order valence-electron chi connectivity index (χ3n) is 17.4. The molecule has 0 amide bonds. The van der Waals surface area contributed by atoms with Gasteiger partial charge in [-0.05, 0) is 111 Å². The van der Waals surface area contributed by atoms with E-state index in [-0.39, 0.29) is 47.6 Å². The van der Waals surface area contributed by atoms with E-state index in [1.165, 1.54) is 19.8 Å². The molecule has 18 heteroatoms. The van der Waals surface area contributed by atoms with Crippen LogP contribution in [0.4, 0.5) is 0 Å². The molecular formula is C52H82O18. The summed E-state index contributed by atoms with van der Waals surface area (Å²) in [5.74, 6) is -0.711. The van der Waals surface area contributed by atoms with E-state index in [9.17, 15) is 24.9 Å². The number of carbonyl (C=O) groups excluding carboxylic acids is 2. The summed E-state index contributed by atoms with van der Waals surface area (Å²) in [7, 11) is 6.29. The number of Topliss-reactive ketones (excluding diaryl/α,β-unsaturated/α-hetero) is 1. The molecule has 8 rings (SSSR count). The number of esters is 1. The molecule has 0 unspecified atom stereocenters. The van der Waals surface area contributed by atoms with Gasteiger partial charge in [-0.25, -0.2) is 4.79 Å². The quantitative estimate of drug-likeness (QED) is 0.117.